The second-order valence-electron chi connectivity index (χ2n) is 7.08. The molecule has 1 atom stereocenters. The number of aromatic nitrogens is 2. The molecule has 0 bridgehead atoms. The van der Waals surface area contributed by atoms with Gasteiger partial charge in [-0.3, -0.25) is 4.90 Å². The quantitative estimate of drug-likeness (QED) is 0.927. The van der Waals surface area contributed by atoms with Crippen molar-refractivity contribution in [3.63, 3.8) is 0 Å². The summed E-state index contributed by atoms with van der Waals surface area (Å²) in [6.07, 6.45) is 13.2. The van der Waals surface area contributed by atoms with Gasteiger partial charge < -0.3 is 9.88 Å². The molecule has 2 fully saturated rings. The van der Waals surface area contributed by atoms with E-state index in [-0.39, 0.29) is 0 Å². The van der Waals surface area contributed by atoms with E-state index < -0.39 is 0 Å². The molecular formula is C17H30N4. The molecule has 0 aromatic carbocycles. The molecule has 3 rings (SSSR count). The summed E-state index contributed by atoms with van der Waals surface area (Å²) < 4.78 is 2.15. The highest BCUT2D eigenvalue weighted by Crippen LogP contribution is 2.31. The van der Waals surface area contributed by atoms with Crippen LogP contribution < -0.4 is 5.32 Å². The average Bonchev–Trinajstić information content (AvgIpc) is 2.83. The highest BCUT2D eigenvalue weighted by Gasteiger charge is 2.36. The lowest BCUT2D eigenvalue weighted by Crippen LogP contribution is -2.53. The fraction of sp³-hybridized carbons (Fsp3) is 0.824. The van der Waals surface area contributed by atoms with Crippen LogP contribution in [-0.4, -0.2) is 45.7 Å². The molecule has 1 unspecified atom stereocenters. The molecule has 0 radical (unpaired) electrons. The minimum atomic E-state index is 0.393. The van der Waals surface area contributed by atoms with Crippen LogP contribution in [0.25, 0.3) is 0 Å². The van der Waals surface area contributed by atoms with Gasteiger partial charge in [-0.25, -0.2) is 4.98 Å². The zero-order valence-electron chi connectivity index (χ0n) is 13.6. The summed E-state index contributed by atoms with van der Waals surface area (Å²) in [4.78, 5) is 7.18. The third-order valence-corrected chi connectivity index (χ3v) is 5.55. The first-order valence-electron chi connectivity index (χ1n) is 8.64. The molecule has 2 heterocycles. The van der Waals surface area contributed by atoms with E-state index >= 15 is 0 Å². The SMILES string of the molecule is CC1CCNC2(CCCCC2)CN1CCc1nccn1C. The monoisotopic (exact) mass is 290 g/mol. The summed E-state index contributed by atoms with van der Waals surface area (Å²) in [5.41, 5.74) is 0.393. The van der Waals surface area contributed by atoms with E-state index in [0.717, 1.165) is 13.0 Å². The summed E-state index contributed by atoms with van der Waals surface area (Å²) in [6.45, 7) is 5.93. The molecule has 1 saturated heterocycles. The van der Waals surface area contributed by atoms with Crippen LogP contribution in [0, 0.1) is 0 Å². The Bertz CT molecular complexity index is 447. The van der Waals surface area contributed by atoms with E-state index in [1.165, 1.54) is 57.4 Å². The number of nitrogens with zero attached hydrogens (tertiary/aromatic N) is 3. The Morgan fingerprint density at radius 2 is 2.14 bits per heavy atom. The fourth-order valence-corrected chi connectivity index (χ4v) is 4.07. The Labute approximate surface area is 128 Å². The molecule has 1 aromatic heterocycles. The summed E-state index contributed by atoms with van der Waals surface area (Å²) >= 11 is 0. The van der Waals surface area contributed by atoms with Crippen LogP contribution in [0.2, 0.25) is 0 Å². The van der Waals surface area contributed by atoms with Crippen LogP contribution >= 0.6 is 0 Å². The second kappa shape index (κ2) is 6.49. The summed E-state index contributed by atoms with van der Waals surface area (Å²) in [7, 11) is 2.10. The lowest BCUT2D eigenvalue weighted by atomic mass is 9.81. The second-order valence-corrected chi connectivity index (χ2v) is 7.08. The Kier molecular flexibility index (Phi) is 4.65. The topological polar surface area (TPSA) is 33.1 Å². The molecule has 1 N–H and O–H groups in total. The van der Waals surface area contributed by atoms with E-state index in [1.807, 2.05) is 12.4 Å². The van der Waals surface area contributed by atoms with Crippen LogP contribution in [0.3, 0.4) is 0 Å². The van der Waals surface area contributed by atoms with Gasteiger partial charge in [-0.05, 0) is 32.7 Å². The lowest BCUT2D eigenvalue weighted by Gasteiger charge is -2.41. The maximum atomic E-state index is 4.47. The maximum Gasteiger partial charge on any atom is 0.109 e. The van der Waals surface area contributed by atoms with E-state index in [2.05, 4.69) is 33.7 Å². The highest BCUT2D eigenvalue weighted by atomic mass is 15.2. The maximum absolute atomic E-state index is 4.47. The first-order chi connectivity index (χ1) is 10.2. The molecule has 1 spiro atoms. The van der Waals surface area contributed by atoms with Gasteiger partial charge in [0.1, 0.15) is 5.82 Å². The molecule has 21 heavy (non-hydrogen) atoms. The van der Waals surface area contributed by atoms with Gasteiger partial charge in [0.25, 0.3) is 0 Å². The van der Waals surface area contributed by atoms with Crippen molar-refractivity contribution in [3.8, 4) is 0 Å². The molecule has 0 amide bonds. The van der Waals surface area contributed by atoms with Gasteiger partial charge in [0.05, 0.1) is 0 Å². The third-order valence-electron chi connectivity index (χ3n) is 5.55. The molecule has 1 aliphatic carbocycles. The van der Waals surface area contributed by atoms with Crippen LogP contribution in [0.4, 0.5) is 0 Å². The predicted octanol–water partition coefficient (Wildman–Crippen LogP) is 2.35. The van der Waals surface area contributed by atoms with Gasteiger partial charge in [-0.2, -0.15) is 0 Å². The zero-order valence-corrected chi connectivity index (χ0v) is 13.6. The first kappa shape index (κ1) is 15.0. The summed E-state index contributed by atoms with van der Waals surface area (Å²) in [5, 5.41) is 3.90. The van der Waals surface area contributed by atoms with E-state index in [1.54, 1.807) is 0 Å². The molecule has 1 aliphatic heterocycles. The largest absolute Gasteiger partial charge is 0.338 e. The lowest BCUT2D eigenvalue weighted by molar-refractivity contribution is 0.138. The Hall–Kier alpha value is -0.870. The zero-order chi connectivity index (χ0) is 14.7. The number of aryl methyl sites for hydroxylation is 1. The summed E-state index contributed by atoms with van der Waals surface area (Å²) in [5.74, 6) is 1.21. The normalized spacial score (nSPS) is 26.9. The van der Waals surface area contributed by atoms with Gasteiger partial charge in [-0.1, -0.05) is 19.3 Å². The minimum Gasteiger partial charge on any atom is -0.338 e. The molecule has 1 saturated carbocycles. The predicted molar refractivity (Wildman–Crippen MR) is 86.4 cm³/mol. The van der Waals surface area contributed by atoms with E-state index in [9.17, 15) is 0 Å². The number of nitrogens with one attached hydrogen (secondary N) is 1. The smallest absolute Gasteiger partial charge is 0.109 e. The van der Waals surface area contributed by atoms with Gasteiger partial charge >= 0.3 is 0 Å². The first-order valence-corrected chi connectivity index (χ1v) is 8.64. The van der Waals surface area contributed by atoms with Crippen LogP contribution in [-0.2, 0) is 13.5 Å². The molecule has 118 valence electrons. The van der Waals surface area contributed by atoms with E-state index in [4.69, 9.17) is 0 Å². The molecule has 2 aliphatic rings. The van der Waals surface area contributed by atoms with Crippen molar-refractivity contribution in [2.24, 2.45) is 7.05 Å². The average molecular weight is 290 g/mol. The summed E-state index contributed by atoms with van der Waals surface area (Å²) in [6, 6.07) is 0.680. The van der Waals surface area contributed by atoms with Crippen molar-refractivity contribution in [1.82, 2.24) is 19.8 Å². The van der Waals surface area contributed by atoms with Crippen molar-refractivity contribution in [2.75, 3.05) is 19.6 Å². The highest BCUT2D eigenvalue weighted by molar-refractivity contribution is 4.98. The van der Waals surface area contributed by atoms with Crippen molar-refractivity contribution in [3.05, 3.63) is 18.2 Å². The van der Waals surface area contributed by atoms with Crippen LogP contribution in [0.15, 0.2) is 12.4 Å². The molecule has 4 nitrogen and oxygen atoms in total. The number of hydrogen-bond donors (Lipinski definition) is 1. The number of rotatable bonds is 3. The van der Waals surface area contributed by atoms with Crippen molar-refractivity contribution < 1.29 is 0 Å². The standard InChI is InChI=1S/C17H30N4/c1-15-6-10-19-17(8-4-3-5-9-17)14-21(15)12-7-16-18-11-13-20(16)2/h11,13,15,19H,3-10,12,14H2,1-2H3. The van der Waals surface area contributed by atoms with Crippen molar-refractivity contribution in [1.29, 1.82) is 0 Å². The molecule has 1 aromatic rings. The van der Waals surface area contributed by atoms with Gasteiger partial charge in [-0.15, -0.1) is 0 Å². The van der Waals surface area contributed by atoms with Gasteiger partial charge in [0, 0.05) is 50.5 Å². The third kappa shape index (κ3) is 3.49. The van der Waals surface area contributed by atoms with Crippen LogP contribution in [0.5, 0.6) is 0 Å². The van der Waals surface area contributed by atoms with E-state index in [0.29, 0.717) is 11.6 Å². The van der Waals surface area contributed by atoms with Gasteiger partial charge in [0.15, 0.2) is 0 Å². The Morgan fingerprint density at radius 3 is 2.86 bits per heavy atom. The molecule has 4 heteroatoms. The number of hydrogen-bond acceptors (Lipinski definition) is 3. The minimum absolute atomic E-state index is 0.393. The molecular weight excluding hydrogens is 260 g/mol. The van der Waals surface area contributed by atoms with Crippen LogP contribution in [0.1, 0.15) is 51.3 Å². The van der Waals surface area contributed by atoms with Crippen molar-refractivity contribution >= 4 is 0 Å². The number of imidazole rings is 1. The van der Waals surface area contributed by atoms with Gasteiger partial charge in [0.2, 0.25) is 0 Å². The fourth-order valence-electron chi connectivity index (χ4n) is 4.07. The Morgan fingerprint density at radius 1 is 1.33 bits per heavy atom. The Balaban J connectivity index is 1.65. The van der Waals surface area contributed by atoms with Crippen molar-refractivity contribution in [2.45, 2.75) is 63.5 Å².